The average Bonchev–Trinajstić information content (AvgIpc) is 3.18. The fourth-order valence-corrected chi connectivity index (χ4v) is 4.06. The quantitative estimate of drug-likeness (QED) is 0.718. The third-order valence-corrected chi connectivity index (χ3v) is 5.54. The van der Waals surface area contributed by atoms with E-state index >= 15 is 0 Å². The molecule has 3 aromatic rings. The summed E-state index contributed by atoms with van der Waals surface area (Å²) >= 11 is 3.38. The van der Waals surface area contributed by atoms with Crippen LogP contribution in [0.2, 0.25) is 0 Å². The van der Waals surface area contributed by atoms with Gasteiger partial charge in [-0.1, -0.05) is 12.1 Å². The minimum Gasteiger partial charge on any atom is -0.332 e. The predicted octanol–water partition coefficient (Wildman–Crippen LogP) is 3.23. The minimum absolute atomic E-state index is 0.133. The van der Waals surface area contributed by atoms with Gasteiger partial charge in [0.25, 0.3) is 0 Å². The van der Waals surface area contributed by atoms with Crippen molar-refractivity contribution in [1.29, 1.82) is 0 Å². The van der Waals surface area contributed by atoms with Crippen molar-refractivity contribution in [2.75, 3.05) is 13.3 Å². The summed E-state index contributed by atoms with van der Waals surface area (Å²) in [5.74, 6) is 1.76. The molecule has 0 aliphatic carbocycles. The maximum absolute atomic E-state index is 12.3. The van der Waals surface area contributed by atoms with E-state index in [0.717, 1.165) is 33.3 Å². The van der Waals surface area contributed by atoms with Gasteiger partial charge in [-0.15, -0.1) is 11.3 Å². The van der Waals surface area contributed by atoms with Crippen molar-refractivity contribution in [2.24, 2.45) is 7.05 Å². The first-order valence-corrected chi connectivity index (χ1v) is 10.2. The molecule has 1 N–H and O–H groups in total. The monoisotopic (exact) mass is 375 g/mol. The number of urea groups is 1. The highest BCUT2D eigenvalue weighted by molar-refractivity contribution is 7.97. The Morgan fingerprint density at radius 3 is 2.92 bits per heavy atom. The van der Waals surface area contributed by atoms with Crippen LogP contribution in [-0.2, 0) is 25.9 Å². The van der Waals surface area contributed by atoms with Crippen molar-refractivity contribution in [3.63, 3.8) is 0 Å². The van der Waals surface area contributed by atoms with Gasteiger partial charge in [0, 0.05) is 25.2 Å². The highest BCUT2D eigenvalue weighted by Gasteiger charge is 2.14. The Morgan fingerprint density at radius 1 is 1.36 bits per heavy atom. The number of carbonyl (C=O) groups is 1. The molecule has 0 spiro atoms. The normalized spacial score (nSPS) is 11.0. The molecular formula is C17H21N5OS2. The maximum Gasteiger partial charge on any atom is 0.317 e. The average molecular weight is 376 g/mol. The van der Waals surface area contributed by atoms with Crippen LogP contribution in [0.4, 0.5) is 4.79 Å². The van der Waals surface area contributed by atoms with Crippen LogP contribution < -0.4 is 5.32 Å². The van der Waals surface area contributed by atoms with Crippen molar-refractivity contribution in [1.82, 2.24) is 24.8 Å². The van der Waals surface area contributed by atoms with Crippen LogP contribution >= 0.6 is 23.1 Å². The van der Waals surface area contributed by atoms with Crippen molar-refractivity contribution < 1.29 is 4.79 Å². The van der Waals surface area contributed by atoms with Gasteiger partial charge in [0.15, 0.2) is 0 Å². The van der Waals surface area contributed by atoms with Gasteiger partial charge in [0.2, 0.25) is 0 Å². The molecule has 0 atom stereocenters. The number of para-hydroxylation sites is 2. The Hall–Kier alpha value is -2.06. The second-order valence-electron chi connectivity index (χ2n) is 5.76. The van der Waals surface area contributed by atoms with E-state index in [9.17, 15) is 4.79 Å². The molecule has 0 aliphatic heterocycles. The maximum atomic E-state index is 12.3. The first kappa shape index (κ1) is 17.8. The summed E-state index contributed by atoms with van der Waals surface area (Å²) in [5.41, 5.74) is 2.91. The lowest BCUT2D eigenvalue weighted by Crippen LogP contribution is -2.37. The number of hydrogen-bond donors (Lipinski definition) is 1. The van der Waals surface area contributed by atoms with Crippen molar-refractivity contribution in [3.8, 4) is 0 Å². The van der Waals surface area contributed by atoms with E-state index < -0.39 is 0 Å². The number of hydrogen-bond acceptors (Lipinski definition) is 5. The number of aryl methyl sites for hydroxylation is 1. The number of aromatic nitrogens is 3. The molecule has 0 fully saturated rings. The van der Waals surface area contributed by atoms with E-state index in [1.54, 1.807) is 35.0 Å². The molecule has 2 aromatic heterocycles. The van der Waals surface area contributed by atoms with Crippen molar-refractivity contribution in [3.05, 3.63) is 46.2 Å². The van der Waals surface area contributed by atoms with Gasteiger partial charge in [-0.05, 0) is 18.4 Å². The van der Waals surface area contributed by atoms with E-state index in [1.165, 1.54) is 0 Å². The number of imidazole rings is 1. The lowest BCUT2D eigenvalue weighted by Gasteiger charge is -2.17. The van der Waals surface area contributed by atoms with Gasteiger partial charge in [-0.2, -0.15) is 11.8 Å². The highest BCUT2D eigenvalue weighted by atomic mass is 32.2. The van der Waals surface area contributed by atoms with E-state index in [2.05, 4.69) is 21.5 Å². The first-order valence-electron chi connectivity index (χ1n) is 7.90. The Balaban J connectivity index is 1.59. The molecule has 2 amide bonds. The topological polar surface area (TPSA) is 63.1 Å². The van der Waals surface area contributed by atoms with Gasteiger partial charge in [-0.3, -0.25) is 0 Å². The lowest BCUT2D eigenvalue weighted by molar-refractivity contribution is 0.205. The molecule has 6 nitrogen and oxygen atoms in total. The number of carbonyl (C=O) groups excluding carboxylic acids is 1. The fraction of sp³-hybridized carbons (Fsp3) is 0.353. The van der Waals surface area contributed by atoms with E-state index in [4.69, 9.17) is 0 Å². The molecule has 0 radical (unpaired) electrons. The number of thiazole rings is 1. The predicted molar refractivity (Wildman–Crippen MR) is 104 cm³/mol. The number of fused-ring (bicyclic) bond motifs is 1. The molecule has 0 unspecified atom stereocenters. The highest BCUT2D eigenvalue weighted by Crippen LogP contribution is 2.16. The first-order chi connectivity index (χ1) is 12.1. The molecule has 8 heteroatoms. The number of amides is 2. The molecule has 132 valence electrons. The third kappa shape index (κ3) is 4.13. The Bertz CT molecular complexity index is 873. The SMILES string of the molecule is CSCc1nc(CNC(=O)N(C)Cc2nc3ccccc3n2C)cs1. The number of thioether (sulfide) groups is 1. The summed E-state index contributed by atoms with van der Waals surface area (Å²) < 4.78 is 2.02. The van der Waals surface area contributed by atoms with Gasteiger partial charge < -0.3 is 14.8 Å². The zero-order valence-corrected chi connectivity index (χ0v) is 16.2. The van der Waals surface area contributed by atoms with Crippen LogP contribution in [0.1, 0.15) is 16.5 Å². The summed E-state index contributed by atoms with van der Waals surface area (Å²) in [5, 5.41) is 6.00. The summed E-state index contributed by atoms with van der Waals surface area (Å²) in [6.07, 6.45) is 2.05. The summed E-state index contributed by atoms with van der Waals surface area (Å²) in [4.78, 5) is 23.1. The fourth-order valence-electron chi connectivity index (χ4n) is 2.54. The van der Waals surface area contributed by atoms with Crippen molar-refractivity contribution in [2.45, 2.75) is 18.8 Å². The van der Waals surface area contributed by atoms with Crippen LogP contribution in [0.15, 0.2) is 29.6 Å². The number of rotatable bonds is 6. The molecule has 0 saturated heterocycles. The lowest BCUT2D eigenvalue weighted by atomic mass is 10.3. The van der Waals surface area contributed by atoms with E-state index in [-0.39, 0.29) is 6.03 Å². The number of nitrogens with zero attached hydrogens (tertiary/aromatic N) is 4. The van der Waals surface area contributed by atoms with Gasteiger partial charge in [0.05, 0.1) is 29.8 Å². The van der Waals surface area contributed by atoms with Gasteiger partial charge in [-0.25, -0.2) is 14.8 Å². The zero-order valence-electron chi connectivity index (χ0n) is 14.5. The van der Waals surface area contributed by atoms with Crippen LogP contribution in [-0.4, -0.2) is 38.8 Å². The smallest absolute Gasteiger partial charge is 0.317 e. The molecule has 1 aromatic carbocycles. The molecule has 25 heavy (non-hydrogen) atoms. The summed E-state index contributed by atoms with van der Waals surface area (Å²) in [6, 6.07) is 7.83. The second kappa shape index (κ2) is 7.88. The molecule has 3 rings (SSSR count). The molecule has 0 aliphatic rings. The number of nitrogens with one attached hydrogen (secondary N) is 1. The Morgan fingerprint density at radius 2 is 2.16 bits per heavy atom. The Kier molecular flexibility index (Phi) is 5.60. The van der Waals surface area contributed by atoms with Gasteiger partial charge in [0.1, 0.15) is 10.8 Å². The molecule has 0 bridgehead atoms. The van der Waals surface area contributed by atoms with E-state index in [1.807, 2.05) is 41.3 Å². The Labute approximate surface area is 155 Å². The molecule has 0 saturated carbocycles. The third-order valence-electron chi connectivity index (χ3n) is 3.89. The zero-order chi connectivity index (χ0) is 17.8. The van der Waals surface area contributed by atoms with Crippen LogP contribution in [0.3, 0.4) is 0 Å². The van der Waals surface area contributed by atoms with E-state index in [0.29, 0.717) is 13.1 Å². The van der Waals surface area contributed by atoms with Crippen LogP contribution in [0.25, 0.3) is 11.0 Å². The van der Waals surface area contributed by atoms with Gasteiger partial charge >= 0.3 is 6.03 Å². The number of benzene rings is 1. The summed E-state index contributed by atoms with van der Waals surface area (Å²) in [7, 11) is 3.74. The minimum atomic E-state index is -0.133. The summed E-state index contributed by atoms with van der Waals surface area (Å²) in [6.45, 7) is 0.891. The van der Waals surface area contributed by atoms with Crippen molar-refractivity contribution >= 4 is 40.2 Å². The van der Waals surface area contributed by atoms with Crippen LogP contribution in [0, 0.1) is 0 Å². The standard InChI is InChI=1S/C17H21N5OS2/c1-21(9-15-20-13-6-4-5-7-14(13)22(15)2)17(23)18-8-12-10-25-16(19-12)11-24-3/h4-7,10H,8-9,11H2,1-3H3,(H,18,23). The largest absolute Gasteiger partial charge is 0.332 e. The second-order valence-corrected chi connectivity index (χ2v) is 7.56. The van der Waals surface area contributed by atoms with Crippen LogP contribution in [0.5, 0.6) is 0 Å². The molecular weight excluding hydrogens is 354 g/mol. The molecule has 2 heterocycles.